The number of allylic oxidation sites excluding steroid dienone is 2. The first-order chi connectivity index (χ1) is 15.4. The molecular weight excluding hydrogens is 396 g/mol. The summed E-state index contributed by atoms with van der Waals surface area (Å²) in [6, 6.07) is 16.7. The minimum atomic E-state index is 0.285. The van der Waals surface area contributed by atoms with Crippen LogP contribution in [0.25, 0.3) is 11.0 Å². The van der Waals surface area contributed by atoms with Crippen LogP contribution >= 0.6 is 0 Å². The molecule has 4 rings (SSSR count). The molecule has 0 spiro atoms. The van der Waals surface area contributed by atoms with E-state index in [0.717, 1.165) is 40.1 Å². The third kappa shape index (κ3) is 4.67. The zero-order valence-electron chi connectivity index (χ0n) is 19.4. The Labute approximate surface area is 190 Å². The fourth-order valence-corrected chi connectivity index (χ4v) is 3.99. The van der Waals surface area contributed by atoms with Gasteiger partial charge in [-0.2, -0.15) is 10.2 Å². The first kappa shape index (κ1) is 21.6. The van der Waals surface area contributed by atoms with E-state index in [-0.39, 0.29) is 6.04 Å². The van der Waals surface area contributed by atoms with Crippen molar-refractivity contribution in [1.82, 2.24) is 5.01 Å². The van der Waals surface area contributed by atoms with E-state index in [0.29, 0.717) is 0 Å². The van der Waals surface area contributed by atoms with Gasteiger partial charge >= 0.3 is 0 Å². The SMILES string of the molecule is CC1=CC=CCC1N(C)N=C(C)c1cc2cc(C=NN(C)c3ccccc3C)ccc2o1. The number of para-hydroxylation sites is 1. The first-order valence-corrected chi connectivity index (χ1v) is 10.9. The Bertz CT molecular complexity index is 1230. The van der Waals surface area contributed by atoms with Crippen molar-refractivity contribution in [2.24, 2.45) is 10.2 Å². The van der Waals surface area contributed by atoms with Gasteiger partial charge in [0, 0.05) is 19.5 Å². The lowest BCUT2D eigenvalue weighted by atomic mass is 10.0. The Balaban J connectivity index is 1.52. The molecule has 0 bridgehead atoms. The van der Waals surface area contributed by atoms with Crippen molar-refractivity contribution in [2.75, 3.05) is 19.1 Å². The van der Waals surface area contributed by atoms with E-state index in [2.05, 4.69) is 55.4 Å². The molecule has 5 nitrogen and oxygen atoms in total. The molecule has 0 radical (unpaired) electrons. The van der Waals surface area contributed by atoms with Gasteiger partial charge in [-0.1, -0.05) is 36.4 Å². The average Bonchev–Trinajstić information content (AvgIpc) is 3.21. The summed E-state index contributed by atoms with van der Waals surface area (Å²) in [4.78, 5) is 0. The molecule has 1 aliphatic rings. The fraction of sp³-hybridized carbons (Fsp3) is 0.259. The number of hydrogen-bond donors (Lipinski definition) is 0. The molecule has 0 fully saturated rings. The Morgan fingerprint density at radius 3 is 2.69 bits per heavy atom. The molecule has 164 valence electrons. The number of fused-ring (bicyclic) bond motifs is 1. The highest BCUT2D eigenvalue weighted by atomic mass is 16.3. The van der Waals surface area contributed by atoms with Crippen molar-refractivity contribution in [1.29, 1.82) is 0 Å². The third-order valence-electron chi connectivity index (χ3n) is 5.88. The summed E-state index contributed by atoms with van der Waals surface area (Å²) in [5.74, 6) is 0.783. The molecule has 1 atom stereocenters. The average molecular weight is 427 g/mol. The van der Waals surface area contributed by atoms with E-state index in [1.807, 2.05) is 67.6 Å². The summed E-state index contributed by atoms with van der Waals surface area (Å²) in [5.41, 5.74) is 6.32. The second-order valence-corrected chi connectivity index (χ2v) is 8.31. The van der Waals surface area contributed by atoms with Crippen LogP contribution < -0.4 is 5.01 Å². The summed E-state index contributed by atoms with van der Waals surface area (Å²) >= 11 is 0. The Morgan fingerprint density at radius 1 is 1.09 bits per heavy atom. The molecule has 2 aromatic carbocycles. The highest BCUT2D eigenvalue weighted by Crippen LogP contribution is 2.23. The van der Waals surface area contributed by atoms with Gasteiger partial charge in [0.2, 0.25) is 0 Å². The third-order valence-corrected chi connectivity index (χ3v) is 5.88. The number of likely N-dealkylation sites (N-methyl/N-ethyl adjacent to an activating group) is 1. The van der Waals surface area contributed by atoms with Crippen molar-refractivity contribution in [3.8, 4) is 0 Å². The van der Waals surface area contributed by atoms with E-state index in [9.17, 15) is 0 Å². The second-order valence-electron chi connectivity index (χ2n) is 8.31. The second kappa shape index (κ2) is 9.27. The van der Waals surface area contributed by atoms with Crippen LogP contribution in [0.5, 0.6) is 0 Å². The standard InChI is InChI=1S/C27H30N4O/c1-19-10-6-8-12-24(19)30(4)28-18-22-14-15-26-23(16-22)17-27(32-26)21(3)29-31(5)25-13-9-7-11-20(25)2/h6-12,14-18,25H,13H2,1-5H3. The predicted molar refractivity (Wildman–Crippen MR) is 135 cm³/mol. The topological polar surface area (TPSA) is 44.3 Å². The largest absolute Gasteiger partial charge is 0.455 e. The summed E-state index contributed by atoms with van der Waals surface area (Å²) in [5, 5.41) is 14.4. The fourth-order valence-electron chi connectivity index (χ4n) is 3.99. The molecule has 32 heavy (non-hydrogen) atoms. The smallest absolute Gasteiger partial charge is 0.151 e. The zero-order valence-corrected chi connectivity index (χ0v) is 19.4. The summed E-state index contributed by atoms with van der Waals surface area (Å²) in [6.07, 6.45) is 9.28. The predicted octanol–water partition coefficient (Wildman–Crippen LogP) is 6.14. The number of aryl methyl sites for hydroxylation is 1. The van der Waals surface area contributed by atoms with E-state index in [4.69, 9.17) is 9.52 Å². The molecular formula is C27H30N4O. The van der Waals surface area contributed by atoms with Crippen molar-refractivity contribution < 1.29 is 4.42 Å². The lowest BCUT2D eigenvalue weighted by Crippen LogP contribution is -2.29. The number of furan rings is 1. The van der Waals surface area contributed by atoms with Crippen LogP contribution in [0.2, 0.25) is 0 Å². The van der Waals surface area contributed by atoms with Gasteiger partial charge in [0.1, 0.15) is 5.58 Å². The molecule has 3 aromatic rings. The summed E-state index contributed by atoms with van der Waals surface area (Å²) in [6.45, 7) is 6.23. The van der Waals surface area contributed by atoms with Crippen molar-refractivity contribution in [3.05, 3.63) is 89.2 Å². The van der Waals surface area contributed by atoms with Gasteiger partial charge in [-0.3, -0.25) is 10.0 Å². The lowest BCUT2D eigenvalue weighted by Gasteiger charge is -2.27. The molecule has 0 amide bonds. The molecule has 1 heterocycles. The molecule has 1 unspecified atom stereocenters. The van der Waals surface area contributed by atoms with Crippen LogP contribution in [0.4, 0.5) is 5.69 Å². The molecule has 5 heteroatoms. The molecule has 0 N–H and O–H groups in total. The Kier molecular flexibility index (Phi) is 6.26. The number of rotatable bonds is 6. The number of hydrazone groups is 2. The monoisotopic (exact) mass is 426 g/mol. The van der Waals surface area contributed by atoms with E-state index < -0.39 is 0 Å². The minimum Gasteiger partial charge on any atom is -0.455 e. The Morgan fingerprint density at radius 2 is 1.91 bits per heavy atom. The van der Waals surface area contributed by atoms with Crippen LogP contribution in [-0.4, -0.2) is 37.1 Å². The van der Waals surface area contributed by atoms with E-state index in [1.165, 1.54) is 11.1 Å². The van der Waals surface area contributed by atoms with E-state index >= 15 is 0 Å². The van der Waals surface area contributed by atoms with Gasteiger partial charge < -0.3 is 4.42 Å². The van der Waals surface area contributed by atoms with Crippen LogP contribution in [-0.2, 0) is 0 Å². The highest BCUT2D eigenvalue weighted by molar-refractivity contribution is 6.00. The highest BCUT2D eigenvalue weighted by Gasteiger charge is 2.17. The number of hydrogen-bond acceptors (Lipinski definition) is 5. The maximum absolute atomic E-state index is 6.07. The normalized spacial score (nSPS) is 16.6. The quantitative estimate of drug-likeness (QED) is 0.351. The van der Waals surface area contributed by atoms with Crippen molar-refractivity contribution in [3.63, 3.8) is 0 Å². The van der Waals surface area contributed by atoms with Gasteiger partial charge in [-0.05, 0) is 74.2 Å². The van der Waals surface area contributed by atoms with E-state index in [1.54, 1.807) is 0 Å². The first-order valence-electron chi connectivity index (χ1n) is 10.9. The van der Waals surface area contributed by atoms with Gasteiger partial charge in [-0.15, -0.1) is 0 Å². The molecule has 0 aliphatic heterocycles. The summed E-state index contributed by atoms with van der Waals surface area (Å²) in [7, 11) is 3.98. The number of benzene rings is 2. The van der Waals surface area contributed by atoms with Gasteiger partial charge in [0.15, 0.2) is 5.76 Å². The van der Waals surface area contributed by atoms with Crippen LogP contribution in [0.3, 0.4) is 0 Å². The molecule has 1 aliphatic carbocycles. The van der Waals surface area contributed by atoms with Crippen LogP contribution in [0.1, 0.15) is 37.2 Å². The van der Waals surface area contributed by atoms with Crippen LogP contribution in [0.15, 0.2) is 87.0 Å². The number of nitrogens with zero attached hydrogens (tertiary/aromatic N) is 4. The van der Waals surface area contributed by atoms with Crippen LogP contribution in [0, 0.1) is 6.92 Å². The maximum atomic E-state index is 6.07. The van der Waals surface area contributed by atoms with Gasteiger partial charge in [-0.25, -0.2) is 0 Å². The molecule has 0 saturated carbocycles. The Hall–Kier alpha value is -3.60. The zero-order chi connectivity index (χ0) is 22.7. The number of anilines is 1. The van der Waals surface area contributed by atoms with Gasteiger partial charge in [0.25, 0.3) is 0 Å². The van der Waals surface area contributed by atoms with Crippen molar-refractivity contribution in [2.45, 2.75) is 33.2 Å². The van der Waals surface area contributed by atoms with Gasteiger partial charge in [0.05, 0.1) is 23.7 Å². The molecule has 1 aromatic heterocycles. The maximum Gasteiger partial charge on any atom is 0.151 e. The minimum absolute atomic E-state index is 0.285. The summed E-state index contributed by atoms with van der Waals surface area (Å²) < 4.78 is 6.07. The van der Waals surface area contributed by atoms with Crippen molar-refractivity contribution >= 4 is 28.6 Å². The lowest BCUT2D eigenvalue weighted by molar-refractivity contribution is 0.284. The molecule has 0 saturated heterocycles.